The number of amides is 1. The van der Waals surface area contributed by atoms with Crippen LogP contribution in [0.15, 0.2) is 65.6 Å². The molecular formula is C27H28ClN3O10P+. The number of rotatable bonds is 10. The second-order valence-electron chi connectivity index (χ2n) is 9.44. The Labute approximate surface area is 245 Å². The van der Waals surface area contributed by atoms with E-state index in [0.717, 1.165) is 4.57 Å². The molecular weight excluding hydrogens is 593 g/mol. The molecule has 2 fully saturated rings. The lowest BCUT2D eigenvalue weighted by Gasteiger charge is -2.26. The molecule has 1 aromatic heterocycles. The van der Waals surface area contributed by atoms with Crippen molar-refractivity contribution >= 4 is 31.4 Å². The summed E-state index contributed by atoms with van der Waals surface area (Å²) in [6.07, 6.45) is -2.80. The molecule has 15 heteroatoms. The zero-order valence-electron chi connectivity index (χ0n) is 22.3. The Morgan fingerprint density at radius 2 is 2.00 bits per heavy atom. The molecule has 2 aliphatic rings. The van der Waals surface area contributed by atoms with Crippen LogP contribution in [0.1, 0.15) is 29.4 Å². The van der Waals surface area contributed by atoms with Gasteiger partial charge in [0, 0.05) is 24.8 Å². The summed E-state index contributed by atoms with van der Waals surface area (Å²) in [5.41, 5.74) is -0.569. The fraction of sp³-hybridized carbons (Fsp3) is 0.370. The summed E-state index contributed by atoms with van der Waals surface area (Å²) in [4.78, 5) is 29.8. The van der Waals surface area contributed by atoms with E-state index < -0.39 is 56.3 Å². The third-order valence-corrected chi connectivity index (χ3v) is 8.62. The van der Waals surface area contributed by atoms with Crippen LogP contribution in [-0.4, -0.2) is 69.8 Å². The van der Waals surface area contributed by atoms with Crippen molar-refractivity contribution in [1.29, 1.82) is 0 Å². The van der Waals surface area contributed by atoms with Crippen molar-refractivity contribution in [1.82, 2.24) is 9.55 Å². The molecule has 13 nitrogen and oxygen atoms in total. The topological polar surface area (TPSA) is 168 Å². The summed E-state index contributed by atoms with van der Waals surface area (Å²) < 4.78 is 42.7. The number of ether oxygens (including phenoxy) is 4. The molecule has 222 valence electrons. The summed E-state index contributed by atoms with van der Waals surface area (Å²) in [5.74, 6) is 0.0421. The fourth-order valence-electron chi connectivity index (χ4n) is 4.62. The van der Waals surface area contributed by atoms with Crippen molar-refractivity contribution < 1.29 is 43.0 Å². The minimum Gasteiger partial charge on any atom is -0.497 e. The van der Waals surface area contributed by atoms with E-state index >= 15 is 0 Å². The first-order valence-electron chi connectivity index (χ1n) is 12.9. The van der Waals surface area contributed by atoms with Crippen LogP contribution < -0.4 is 20.3 Å². The predicted molar refractivity (Wildman–Crippen MR) is 149 cm³/mol. The maximum absolute atomic E-state index is 13.6. The maximum atomic E-state index is 13.6. The van der Waals surface area contributed by atoms with Crippen LogP contribution >= 0.6 is 19.6 Å². The molecule has 6 atom stereocenters. The van der Waals surface area contributed by atoms with Gasteiger partial charge in [0.25, 0.3) is 5.91 Å². The Morgan fingerprint density at radius 1 is 1.24 bits per heavy atom. The molecule has 2 aliphatic heterocycles. The van der Waals surface area contributed by atoms with Crippen LogP contribution in [0.5, 0.6) is 11.5 Å². The van der Waals surface area contributed by atoms with Gasteiger partial charge in [-0.15, -0.1) is 0 Å². The van der Waals surface area contributed by atoms with Crippen LogP contribution in [0.4, 0.5) is 5.82 Å². The highest BCUT2D eigenvalue weighted by Crippen LogP contribution is 2.54. The van der Waals surface area contributed by atoms with E-state index in [1.165, 1.54) is 31.5 Å². The predicted octanol–water partition coefficient (Wildman–Crippen LogP) is 3.08. The second-order valence-corrected chi connectivity index (χ2v) is 11.3. The number of carbonyl (C=O) groups is 1. The first kappa shape index (κ1) is 30.1. The fourth-order valence-corrected chi connectivity index (χ4v) is 6.10. The van der Waals surface area contributed by atoms with Gasteiger partial charge in [0.05, 0.1) is 18.7 Å². The van der Waals surface area contributed by atoms with Gasteiger partial charge in [-0.05, 0) is 53.5 Å². The Hall–Kier alpha value is -3.42. The van der Waals surface area contributed by atoms with Crippen molar-refractivity contribution in [2.24, 2.45) is 0 Å². The normalized spacial score (nSPS) is 25.7. The number of halogens is 1. The lowest BCUT2D eigenvalue weighted by Crippen LogP contribution is -2.49. The van der Waals surface area contributed by atoms with Crippen molar-refractivity contribution in [3.05, 3.63) is 81.9 Å². The third kappa shape index (κ3) is 6.04. The zero-order valence-corrected chi connectivity index (χ0v) is 23.9. The lowest BCUT2D eigenvalue weighted by atomic mass is 10.1. The van der Waals surface area contributed by atoms with Gasteiger partial charge in [0.2, 0.25) is 5.75 Å². The van der Waals surface area contributed by atoms with Crippen molar-refractivity contribution in [2.45, 2.75) is 42.9 Å². The number of aliphatic hydroxyl groups excluding tert-OH is 1. The Bertz CT molecular complexity index is 1500. The van der Waals surface area contributed by atoms with E-state index in [-0.39, 0.29) is 16.6 Å². The molecule has 5 rings (SSSR count). The van der Waals surface area contributed by atoms with Gasteiger partial charge in [0.1, 0.15) is 11.6 Å². The number of nitrogens with one attached hydrogen (secondary N) is 1. The summed E-state index contributed by atoms with van der Waals surface area (Å²) >= 11 is 6.16. The van der Waals surface area contributed by atoms with E-state index in [1.54, 1.807) is 36.4 Å². The first-order valence-corrected chi connectivity index (χ1v) is 14.5. The van der Waals surface area contributed by atoms with Crippen LogP contribution in [0.3, 0.4) is 0 Å². The van der Waals surface area contributed by atoms with Gasteiger partial charge in [-0.2, -0.15) is 4.98 Å². The van der Waals surface area contributed by atoms with Gasteiger partial charge < -0.3 is 34.5 Å². The summed E-state index contributed by atoms with van der Waals surface area (Å²) in [6, 6.07) is 13.9. The first-order chi connectivity index (χ1) is 20.2. The number of hydrogen-bond acceptors (Lipinski definition) is 11. The molecule has 0 aliphatic carbocycles. The molecule has 42 heavy (non-hydrogen) atoms. The number of aliphatic hydroxyl groups is 2. The molecule has 3 aromatic rings. The number of nitrogens with zero attached hydrogens (tertiary/aromatic N) is 2. The van der Waals surface area contributed by atoms with E-state index in [9.17, 15) is 24.4 Å². The number of methoxy groups -OCH3 is 1. The largest absolute Gasteiger partial charge is 0.598 e. The van der Waals surface area contributed by atoms with Gasteiger partial charge in [-0.25, -0.2) is 4.79 Å². The van der Waals surface area contributed by atoms with Crippen LogP contribution in [-0.2, 0) is 18.8 Å². The number of aromatic nitrogens is 2. The number of hydrogen-bond donors (Lipinski definition) is 3. The molecule has 2 unspecified atom stereocenters. The van der Waals surface area contributed by atoms with Gasteiger partial charge in [-0.1, -0.05) is 23.7 Å². The average Bonchev–Trinajstić information content (AvgIpc) is 3.61. The van der Waals surface area contributed by atoms with E-state index in [0.29, 0.717) is 30.8 Å². The molecule has 3 heterocycles. The SMILES string of the molecule is COc1ccc(C(=O)Nc2ccn([C@@H]3O[C@H](CO)[C@](O)([P+](=O)Oc4ccccc4Cl)[C@H]3OC3CCCO3)c(=O)n2)cc1. The molecule has 0 radical (unpaired) electrons. The molecule has 2 saturated heterocycles. The molecule has 0 bridgehead atoms. The molecule has 2 aromatic carbocycles. The van der Waals surface area contributed by atoms with E-state index in [4.69, 9.17) is 35.1 Å². The van der Waals surface area contributed by atoms with Crippen LogP contribution in [0, 0.1) is 0 Å². The molecule has 0 spiro atoms. The van der Waals surface area contributed by atoms with Crippen LogP contribution in [0.25, 0.3) is 0 Å². The highest BCUT2D eigenvalue weighted by Gasteiger charge is 2.73. The highest BCUT2D eigenvalue weighted by atomic mass is 35.5. The quantitative estimate of drug-likeness (QED) is 0.285. The third-order valence-electron chi connectivity index (χ3n) is 6.82. The maximum Gasteiger partial charge on any atom is 0.598 e. The van der Waals surface area contributed by atoms with Crippen molar-refractivity contribution in [2.75, 3.05) is 25.6 Å². The van der Waals surface area contributed by atoms with Gasteiger partial charge >= 0.3 is 19.1 Å². The lowest BCUT2D eigenvalue weighted by molar-refractivity contribution is -0.188. The van der Waals surface area contributed by atoms with Crippen molar-refractivity contribution in [3.63, 3.8) is 0 Å². The van der Waals surface area contributed by atoms with E-state index in [1.807, 2.05) is 0 Å². The van der Waals surface area contributed by atoms with E-state index in [2.05, 4.69) is 10.3 Å². The highest BCUT2D eigenvalue weighted by molar-refractivity contribution is 7.41. The summed E-state index contributed by atoms with van der Waals surface area (Å²) in [6.45, 7) is -0.388. The number of benzene rings is 2. The summed E-state index contributed by atoms with van der Waals surface area (Å²) in [5, 5.41) is 22.2. The number of para-hydroxylation sites is 1. The molecule has 3 N–H and O–H groups in total. The smallest absolute Gasteiger partial charge is 0.497 e. The monoisotopic (exact) mass is 620 g/mol. The van der Waals surface area contributed by atoms with Gasteiger partial charge in [-0.3, -0.25) is 13.9 Å². The van der Waals surface area contributed by atoms with Crippen LogP contribution in [0.2, 0.25) is 5.02 Å². The second kappa shape index (κ2) is 12.8. The summed E-state index contributed by atoms with van der Waals surface area (Å²) in [7, 11) is -1.58. The minimum absolute atomic E-state index is 0.0282. The Balaban J connectivity index is 1.43. The molecule has 0 saturated carbocycles. The van der Waals surface area contributed by atoms with Crippen molar-refractivity contribution in [3.8, 4) is 11.5 Å². The van der Waals surface area contributed by atoms with Gasteiger partial charge in [0.15, 0.2) is 24.7 Å². The minimum atomic E-state index is -3.08. The Kier molecular flexibility index (Phi) is 9.19. The number of anilines is 1. The average molecular weight is 621 g/mol. The number of carbonyl (C=O) groups excluding carboxylic acids is 1. The molecule has 1 amide bonds. The Morgan fingerprint density at radius 3 is 2.64 bits per heavy atom. The zero-order chi connectivity index (χ0) is 29.9. The standard InChI is InChI=1S/C27H27ClN3O10P/c1-37-17-10-8-16(9-11-17)24(33)29-21-12-13-31(26(34)30-21)25-23(40-22-7-4-14-38-22)27(35,20(15-32)39-25)42(36)41-19-6-3-2-5-18(19)28/h2-3,5-6,8-13,20,22-23,25,32,35H,4,7,14-15H2,1H3/p+1/t20-,22?,23+,25-,27+/m1/s1.